The molecule has 0 saturated carbocycles. The Morgan fingerprint density at radius 1 is 1.35 bits per heavy atom. The molecule has 124 valence electrons. The highest BCUT2D eigenvalue weighted by Gasteiger charge is 2.34. The van der Waals surface area contributed by atoms with Gasteiger partial charge in [-0.2, -0.15) is 9.40 Å². The van der Waals surface area contributed by atoms with Crippen LogP contribution in [-0.4, -0.2) is 52.2 Å². The maximum Gasteiger partial charge on any atom is 0.246 e. The van der Waals surface area contributed by atoms with Crippen molar-refractivity contribution in [2.24, 2.45) is 0 Å². The van der Waals surface area contributed by atoms with E-state index in [1.54, 1.807) is 30.2 Å². The van der Waals surface area contributed by atoms with Crippen molar-refractivity contribution in [3.8, 4) is 0 Å². The van der Waals surface area contributed by atoms with Gasteiger partial charge in [0.1, 0.15) is 11.0 Å². The third kappa shape index (κ3) is 2.99. The number of morpholine rings is 1. The van der Waals surface area contributed by atoms with Crippen molar-refractivity contribution < 1.29 is 13.2 Å². The summed E-state index contributed by atoms with van der Waals surface area (Å²) >= 11 is 0. The van der Waals surface area contributed by atoms with Gasteiger partial charge in [-0.05, 0) is 13.8 Å². The highest BCUT2D eigenvalue weighted by Crippen LogP contribution is 2.26. The number of ether oxygens (including phenoxy) is 1. The summed E-state index contributed by atoms with van der Waals surface area (Å²) in [5, 5.41) is 4.13. The Kier molecular flexibility index (Phi) is 4.42. The zero-order valence-electron chi connectivity index (χ0n) is 13.1. The van der Waals surface area contributed by atoms with Crippen LogP contribution in [0.5, 0.6) is 0 Å². The van der Waals surface area contributed by atoms with Crippen molar-refractivity contribution in [3.05, 3.63) is 36.2 Å². The van der Waals surface area contributed by atoms with Crippen LogP contribution in [0.1, 0.15) is 24.4 Å². The Balaban J connectivity index is 1.86. The maximum absolute atomic E-state index is 12.9. The summed E-state index contributed by atoms with van der Waals surface area (Å²) in [7, 11) is -3.60. The predicted molar refractivity (Wildman–Crippen MR) is 82.1 cm³/mol. The van der Waals surface area contributed by atoms with E-state index in [9.17, 15) is 8.42 Å². The molecule has 0 aromatic carbocycles. The number of aromatic nitrogens is 4. The first-order chi connectivity index (χ1) is 11.0. The molecule has 2 aromatic rings. The molecule has 0 radical (unpaired) electrons. The Hall–Kier alpha value is -1.84. The van der Waals surface area contributed by atoms with Crippen LogP contribution >= 0.6 is 0 Å². The number of nitrogens with zero attached hydrogens (tertiary/aromatic N) is 5. The van der Waals surface area contributed by atoms with E-state index in [-0.39, 0.29) is 11.4 Å². The fourth-order valence-corrected chi connectivity index (χ4v) is 4.22. The van der Waals surface area contributed by atoms with Crippen molar-refractivity contribution in [2.45, 2.75) is 31.4 Å². The SMILES string of the molecule is CCn1ncc(S(=O)(=O)N2CCO[C@H](c3cnccn3)C2)c1C. The van der Waals surface area contributed by atoms with Gasteiger partial charge in [-0.25, -0.2) is 8.42 Å². The summed E-state index contributed by atoms with van der Waals surface area (Å²) < 4.78 is 34.5. The minimum Gasteiger partial charge on any atom is -0.369 e. The molecule has 8 nitrogen and oxygen atoms in total. The van der Waals surface area contributed by atoms with Crippen LogP contribution in [0.2, 0.25) is 0 Å². The zero-order chi connectivity index (χ0) is 16.4. The van der Waals surface area contributed by atoms with E-state index in [0.29, 0.717) is 31.1 Å². The van der Waals surface area contributed by atoms with Gasteiger partial charge >= 0.3 is 0 Å². The Bertz CT molecular complexity index is 775. The summed E-state index contributed by atoms with van der Waals surface area (Å²) in [6.07, 6.45) is 5.75. The molecule has 3 heterocycles. The number of aryl methyl sites for hydroxylation is 1. The van der Waals surface area contributed by atoms with Gasteiger partial charge in [0.15, 0.2) is 0 Å². The topological polar surface area (TPSA) is 90.2 Å². The van der Waals surface area contributed by atoms with Crippen LogP contribution in [-0.2, 0) is 21.3 Å². The number of hydrogen-bond acceptors (Lipinski definition) is 6. The van der Waals surface area contributed by atoms with Crippen molar-refractivity contribution in [1.29, 1.82) is 0 Å². The quantitative estimate of drug-likeness (QED) is 0.818. The van der Waals surface area contributed by atoms with E-state index < -0.39 is 16.1 Å². The predicted octanol–water partition coefficient (Wildman–Crippen LogP) is 0.764. The average molecular weight is 337 g/mol. The number of sulfonamides is 1. The summed E-state index contributed by atoms with van der Waals surface area (Å²) in [6.45, 7) is 5.18. The summed E-state index contributed by atoms with van der Waals surface area (Å²) in [4.78, 5) is 8.46. The molecule has 0 amide bonds. The third-order valence-corrected chi connectivity index (χ3v) is 5.89. The molecule has 2 aromatic heterocycles. The average Bonchev–Trinajstić information content (AvgIpc) is 2.97. The van der Waals surface area contributed by atoms with Crippen LogP contribution in [0.25, 0.3) is 0 Å². The van der Waals surface area contributed by atoms with E-state index in [1.165, 1.54) is 10.5 Å². The van der Waals surface area contributed by atoms with Crippen LogP contribution in [0.15, 0.2) is 29.7 Å². The van der Waals surface area contributed by atoms with Crippen LogP contribution in [0.3, 0.4) is 0 Å². The molecule has 1 atom stereocenters. The zero-order valence-corrected chi connectivity index (χ0v) is 13.9. The van der Waals surface area contributed by atoms with Crippen LogP contribution in [0.4, 0.5) is 0 Å². The van der Waals surface area contributed by atoms with Gasteiger partial charge in [0.2, 0.25) is 10.0 Å². The molecular weight excluding hydrogens is 318 g/mol. The summed E-state index contributed by atoms with van der Waals surface area (Å²) in [6, 6.07) is 0. The molecule has 0 N–H and O–H groups in total. The first kappa shape index (κ1) is 16.0. The van der Waals surface area contributed by atoms with Gasteiger partial charge in [0.25, 0.3) is 0 Å². The summed E-state index contributed by atoms with van der Waals surface area (Å²) in [5.41, 5.74) is 1.28. The normalized spacial score (nSPS) is 19.8. The fraction of sp³-hybridized carbons (Fsp3) is 0.500. The highest BCUT2D eigenvalue weighted by molar-refractivity contribution is 7.89. The van der Waals surface area contributed by atoms with Gasteiger partial charge in [-0.3, -0.25) is 14.6 Å². The van der Waals surface area contributed by atoms with Crippen LogP contribution < -0.4 is 0 Å². The highest BCUT2D eigenvalue weighted by atomic mass is 32.2. The molecule has 0 spiro atoms. The molecule has 1 aliphatic heterocycles. The molecule has 0 aliphatic carbocycles. The third-order valence-electron chi connectivity index (χ3n) is 3.92. The van der Waals surface area contributed by atoms with Gasteiger partial charge in [0, 0.05) is 32.0 Å². The van der Waals surface area contributed by atoms with Gasteiger partial charge < -0.3 is 4.74 Å². The van der Waals surface area contributed by atoms with Gasteiger partial charge in [-0.1, -0.05) is 0 Å². The van der Waals surface area contributed by atoms with E-state index >= 15 is 0 Å². The fourth-order valence-electron chi connectivity index (χ4n) is 2.64. The van der Waals surface area contributed by atoms with E-state index in [2.05, 4.69) is 15.1 Å². The lowest BCUT2D eigenvalue weighted by atomic mass is 10.2. The lowest BCUT2D eigenvalue weighted by Crippen LogP contribution is -2.42. The second kappa shape index (κ2) is 6.34. The lowest BCUT2D eigenvalue weighted by molar-refractivity contribution is -0.00515. The van der Waals surface area contributed by atoms with Crippen molar-refractivity contribution in [1.82, 2.24) is 24.1 Å². The Morgan fingerprint density at radius 3 is 2.83 bits per heavy atom. The second-order valence-corrected chi connectivity index (χ2v) is 7.17. The summed E-state index contributed by atoms with van der Waals surface area (Å²) in [5.74, 6) is 0. The van der Waals surface area contributed by atoms with Gasteiger partial charge in [-0.15, -0.1) is 0 Å². The van der Waals surface area contributed by atoms with E-state index in [0.717, 1.165) is 0 Å². The molecule has 1 fully saturated rings. The number of hydrogen-bond donors (Lipinski definition) is 0. The second-order valence-electron chi connectivity index (χ2n) is 5.26. The van der Waals surface area contributed by atoms with E-state index in [4.69, 9.17) is 4.74 Å². The minimum absolute atomic E-state index is 0.220. The Morgan fingerprint density at radius 2 is 2.17 bits per heavy atom. The number of rotatable bonds is 4. The molecule has 3 rings (SSSR count). The van der Waals surface area contributed by atoms with Crippen molar-refractivity contribution in [3.63, 3.8) is 0 Å². The molecule has 1 aliphatic rings. The van der Waals surface area contributed by atoms with Crippen LogP contribution in [0, 0.1) is 6.92 Å². The molecule has 1 saturated heterocycles. The van der Waals surface area contributed by atoms with Crippen molar-refractivity contribution >= 4 is 10.0 Å². The monoisotopic (exact) mass is 337 g/mol. The first-order valence-corrected chi connectivity index (χ1v) is 8.88. The molecule has 0 unspecified atom stereocenters. The smallest absolute Gasteiger partial charge is 0.246 e. The minimum atomic E-state index is -3.60. The standard InChI is InChI=1S/C14H19N5O3S/c1-3-19-11(2)14(9-17-19)23(20,21)18-6-7-22-13(10-18)12-8-15-4-5-16-12/h4-5,8-9,13H,3,6-7,10H2,1-2H3/t13-/m0/s1. The Labute approximate surface area is 135 Å². The lowest BCUT2D eigenvalue weighted by Gasteiger charge is -2.31. The maximum atomic E-state index is 12.9. The molecule has 0 bridgehead atoms. The molecular formula is C14H19N5O3S. The van der Waals surface area contributed by atoms with Crippen molar-refractivity contribution in [2.75, 3.05) is 19.7 Å². The van der Waals surface area contributed by atoms with E-state index in [1.807, 2.05) is 6.92 Å². The van der Waals surface area contributed by atoms with Gasteiger partial charge in [0.05, 0.1) is 30.4 Å². The largest absolute Gasteiger partial charge is 0.369 e. The first-order valence-electron chi connectivity index (χ1n) is 7.44. The molecule has 9 heteroatoms. The molecule has 23 heavy (non-hydrogen) atoms.